The molecule has 0 bridgehead atoms. The van der Waals surface area contributed by atoms with Crippen molar-refractivity contribution in [3.8, 4) is 0 Å². The molecule has 0 unspecified atom stereocenters. The molecule has 26 heavy (non-hydrogen) atoms. The molecule has 0 radical (unpaired) electrons. The number of nitro groups is 2. The van der Waals surface area contributed by atoms with Crippen LogP contribution in [0.2, 0.25) is 0 Å². The van der Waals surface area contributed by atoms with Gasteiger partial charge in [-0.2, -0.15) is 5.10 Å². The maximum atomic E-state index is 11.1. The zero-order valence-corrected chi connectivity index (χ0v) is 13.4. The lowest BCUT2D eigenvalue weighted by atomic mass is 10.1. The number of nitro benzene ring substituents is 2. The Morgan fingerprint density at radius 2 is 1.73 bits per heavy atom. The molecule has 0 saturated carbocycles. The van der Waals surface area contributed by atoms with Crippen LogP contribution < -0.4 is 5.43 Å². The van der Waals surface area contributed by atoms with Gasteiger partial charge in [-0.3, -0.25) is 30.4 Å². The molecule has 2 rings (SSSR count). The summed E-state index contributed by atoms with van der Waals surface area (Å²) < 4.78 is 0. The lowest BCUT2D eigenvalue weighted by molar-refractivity contribution is -0.393. The summed E-state index contributed by atoms with van der Waals surface area (Å²) in [5.74, 6) is -1.00. The summed E-state index contributed by atoms with van der Waals surface area (Å²) in [5.41, 5.74) is 2.60. The van der Waals surface area contributed by atoms with E-state index in [4.69, 9.17) is 5.11 Å². The summed E-state index contributed by atoms with van der Waals surface area (Å²) in [6.07, 6.45) is -0.0646. The molecule has 0 aliphatic rings. The van der Waals surface area contributed by atoms with Gasteiger partial charge in [0.25, 0.3) is 5.69 Å². The van der Waals surface area contributed by atoms with E-state index in [1.54, 1.807) is 30.3 Å². The van der Waals surface area contributed by atoms with E-state index in [1.165, 1.54) is 6.07 Å². The molecule has 134 valence electrons. The van der Waals surface area contributed by atoms with Gasteiger partial charge < -0.3 is 5.11 Å². The fourth-order valence-corrected chi connectivity index (χ4v) is 2.13. The predicted octanol–water partition coefficient (Wildman–Crippen LogP) is 3.18. The van der Waals surface area contributed by atoms with Crippen molar-refractivity contribution in [1.82, 2.24) is 0 Å². The van der Waals surface area contributed by atoms with Crippen molar-refractivity contribution < 1.29 is 19.7 Å². The molecule has 10 nitrogen and oxygen atoms in total. The number of hydrogen-bond donors (Lipinski definition) is 2. The largest absolute Gasteiger partial charge is 0.481 e. The maximum absolute atomic E-state index is 11.1. The van der Waals surface area contributed by atoms with Gasteiger partial charge in [0.15, 0.2) is 0 Å². The highest BCUT2D eigenvalue weighted by Gasteiger charge is 2.19. The van der Waals surface area contributed by atoms with Crippen LogP contribution in [-0.2, 0) is 4.79 Å². The fourth-order valence-electron chi connectivity index (χ4n) is 2.13. The van der Waals surface area contributed by atoms with Crippen molar-refractivity contribution in [2.24, 2.45) is 5.10 Å². The number of carboxylic acid groups (broad SMARTS) is 1. The van der Waals surface area contributed by atoms with Gasteiger partial charge in [-0.15, -0.1) is 0 Å². The van der Waals surface area contributed by atoms with Gasteiger partial charge in [0.1, 0.15) is 5.69 Å². The second-order valence-corrected chi connectivity index (χ2v) is 5.15. The molecule has 2 aromatic rings. The Hall–Kier alpha value is -3.82. The molecule has 2 N–H and O–H groups in total. The molecule has 0 amide bonds. The fraction of sp³-hybridized carbons (Fsp3) is 0.125. The molecule has 0 spiro atoms. The molecule has 0 fully saturated rings. The summed E-state index contributed by atoms with van der Waals surface area (Å²) in [6, 6.07) is 11.9. The first kappa shape index (κ1) is 18.5. The molecular weight excluding hydrogens is 344 g/mol. The van der Waals surface area contributed by atoms with Gasteiger partial charge in [-0.1, -0.05) is 30.3 Å². The molecular formula is C16H14N4O6. The average molecular weight is 358 g/mol. The van der Waals surface area contributed by atoms with Crippen LogP contribution in [-0.4, -0.2) is 26.6 Å². The lowest BCUT2D eigenvalue weighted by Gasteiger charge is -2.07. The normalized spacial score (nSPS) is 11.0. The number of rotatable bonds is 8. The second-order valence-electron chi connectivity index (χ2n) is 5.15. The van der Waals surface area contributed by atoms with Crippen molar-refractivity contribution in [2.45, 2.75) is 12.8 Å². The second kappa shape index (κ2) is 8.33. The highest BCUT2D eigenvalue weighted by atomic mass is 16.6. The van der Waals surface area contributed by atoms with E-state index in [0.29, 0.717) is 11.3 Å². The topological polar surface area (TPSA) is 148 Å². The van der Waals surface area contributed by atoms with Crippen LogP contribution in [0.3, 0.4) is 0 Å². The minimum absolute atomic E-state index is 0.0376. The van der Waals surface area contributed by atoms with Crippen molar-refractivity contribution in [3.63, 3.8) is 0 Å². The van der Waals surface area contributed by atoms with Crippen LogP contribution in [0.15, 0.2) is 53.6 Å². The van der Waals surface area contributed by atoms with Crippen LogP contribution in [0.4, 0.5) is 17.1 Å². The number of hydrogen-bond acceptors (Lipinski definition) is 7. The number of carboxylic acids is 1. The van der Waals surface area contributed by atoms with Gasteiger partial charge in [-0.25, -0.2) is 0 Å². The Balaban J connectivity index is 2.35. The number of nitrogens with one attached hydrogen (secondary N) is 1. The van der Waals surface area contributed by atoms with Gasteiger partial charge in [0.2, 0.25) is 0 Å². The Morgan fingerprint density at radius 1 is 1.04 bits per heavy atom. The summed E-state index contributed by atoms with van der Waals surface area (Å²) in [5, 5.41) is 34.9. The maximum Gasteiger partial charge on any atom is 0.303 e. The number of non-ortho nitro benzene ring substituents is 1. The Morgan fingerprint density at radius 3 is 2.31 bits per heavy atom. The third-order valence-corrected chi connectivity index (χ3v) is 3.38. The number of carbonyl (C=O) groups is 1. The molecule has 0 atom stereocenters. The molecule has 10 heteroatoms. The molecule has 2 aromatic carbocycles. The Bertz CT molecular complexity index is 866. The first-order valence-electron chi connectivity index (χ1n) is 7.41. The highest BCUT2D eigenvalue weighted by molar-refractivity contribution is 6.02. The summed E-state index contributed by atoms with van der Waals surface area (Å²) in [4.78, 5) is 31.2. The van der Waals surface area contributed by atoms with Crippen LogP contribution in [0.5, 0.6) is 0 Å². The smallest absolute Gasteiger partial charge is 0.303 e. The zero-order valence-electron chi connectivity index (χ0n) is 13.4. The van der Waals surface area contributed by atoms with Crippen molar-refractivity contribution in [2.75, 3.05) is 5.43 Å². The zero-order chi connectivity index (χ0) is 19.1. The highest BCUT2D eigenvalue weighted by Crippen LogP contribution is 2.29. The third kappa shape index (κ3) is 4.84. The molecule has 0 heterocycles. The number of anilines is 1. The molecule has 0 aliphatic heterocycles. The lowest BCUT2D eigenvalue weighted by Crippen LogP contribution is -2.08. The van der Waals surface area contributed by atoms with E-state index in [-0.39, 0.29) is 18.5 Å². The first-order valence-corrected chi connectivity index (χ1v) is 7.41. The summed E-state index contributed by atoms with van der Waals surface area (Å²) >= 11 is 0. The number of hydrazone groups is 1. The van der Waals surface area contributed by atoms with Crippen molar-refractivity contribution in [1.29, 1.82) is 0 Å². The van der Waals surface area contributed by atoms with E-state index in [1.807, 2.05) is 0 Å². The van der Waals surface area contributed by atoms with Crippen LogP contribution in [0, 0.1) is 20.2 Å². The minimum Gasteiger partial charge on any atom is -0.481 e. The Kier molecular flexibility index (Phi) is 5.93. The SMILES string of the molecule is O=C(O)CC/C(=N\Nc1ccc([N+](=O)[O-])cc1[N+](=O)[O-])c1ccccc1. The molecule has 0 aromatic heterocycles. The van der Waals surface area contributed by atoms with E-state index in [2.05, 4.69) is 10.5 Å². The third-order valence-electron chi connectivity index (χ3n) is 3.38. The van der Waals surface area contributed by atoms with Crippen LogP contribution in [0.25, 0.3) is 0 Å². The van der Waals surface area contributed by atoms with Gasteiger partial charge in [0, 0.05) is 12.5 Å². The van der Waals surface area contributed by atoms with Crippen molar-refractivity contribution in [3.05, 3.63) is 74.3 Å². The van der Waals surface area contributed by atoms with E-state index in [0.717, 1.165) is 12.1 Å². The summed E-state index contributed by atoms with van der Waals surface area (Å²) in [7, 11) is 0. The van der Waals surface area contributed by atoms with Gasteiger partial charge in [-0.05, 0) is 11.6 Å². The van der Waals surface area contributed by atoms with E-state index < -0.39 is 27.2 Å². The standard InChI is InChI=1S/C16H14N4O6/c21-16(22)9-8-13(11-4-2-1-3-5-11)17-18-14-7-6-12(19(23)24)10-15(14)20(25)26/h1-7,10,18H,8-9H2,(H,21,22)/b17-13+. The van der Waals surface area contributed by atoms with Crippen LogP contribution in [0.1, 0.15) is 18.4 Å². The first-order chi connectivity index (χ1) is 12.4. The quantitative estimate of drug-likeness (QED) is 0.418. The number of aliphatic carboxylic acids is 1. The number of benzene rings is 2. The van der Waals surface area contributed by atoms with Crippen molar-refractivity contribution >= 4 is 28.7 Å². The van der Waals surface area contributed by atoms with E-state index >= 15 is 0 Å². The monoisotopic (exact) mass is 358 g/mol. The van der Waals surface area contributed by atoms with Crippen LogP contribution >= 0.6 is 0 Å². The average Bonchev–Trinajstić information content (AvgIpc) is 2.62. The van der Waals surface area contributed by atoms with Gasteiger partial charge in [0.05, 0.1) is 28.0 Å². The van der Waals surface area contributed by atoms with E-state index in [9.17, 15) is 25.0 Å². The van der Waals surface area contributed by atoms with Gasteiger partial charge >= 0.3 is 11.7 Å². The predicted molar refractivity (Wildman–Crippen MR) is 93.2 cm³/mol. The molecule has 0 saturated heterocycles. The number of nitrogens with zero attached hydrogens (tertiary/aromatic N) is 3. The summed E-state index contributed by atoms with van der Waals surface area (Å²) in [6.45, 7) is 0. The molecule has 0 aliphatic carbocycles. The minimum atomic E-state index is -1.00. The Labute approximate surface area is 147 Å².